The maximum atomic E-state index is 13.4. The van der Waals surface area contributed by atoms with E-state index in [1.165, 1.54) is 10.4 Å². The van der Waals surface area contributed by atoms with E-state index in [9.17, 15) is 4.79 Å². The van der Waals surface area contributed by atoms with Gasteiger partial charge in [0.1, 0.15) is 5.56 Å². The highest BCUT2D eigenvalue weighted by molar-refractivity contribution is 7.10. The van der Waals surface area contributed by atoms with E-state index in [0.717, 1.165) is 12.0 Å². The fraction of sp³-hybridized carbons (Fsp3) is 0.238. The highest BCUT2D eigenvalue weighted by Gasteiger charge is 2.34. The van der Waals surface area contributed by atoms with Gasteiger partial charge in [0.2, 0.25) is 5.88 Å². The SMILES string of the molecule is CCOc1ncccc1C(=O)N1CCc2sccc2C1c1ccccc1. The van der Waals surface area contributed by atoms with Crippen LogP contribution in [0.4, 0.5) is 0 Å². The van der Waals surface area contributed by atoms with Gasteiger partial charge in [0, 0.05) is 17.6 Å². The Morgan fingerprint density at radius 2 is 2.08 bits per heavy atom. The summed E-state index contributed by atoms with van der Waals surface area (Å²) < 4.78 is 5.59. The van der Waals surface area contributed by atoms with Crippen LogP contribution in [-0.2, 0) is 6.42 Å². The van der Waals surface area contributed by atoms with Crippen LogP contribution in [0.3, 0.4) is 0 Å². The molecule has 1 atom stereocenters. The second kappa shape index (κ2) is 7.30. The van der Waals surface area contributed by atoms with Gasteiger partial charge < -0.3 is 9.64 Å². The molecule has 0 spiro atoms. The Morgan fingerprint density at radius 3 is 2.88 bits per heavy atom. The molecule has 26 heavy (non-hydrogen) atoms. The molecule has 4 rings (SSSR count). The molecule has 0 saturated carbocycles. The lowest BCUT2D eigenvalue weighted by Gasteiger charge is -2.36. The molecule has 0 fully saturated rings. The molecule has 0 N–H and O–H groups in total. The van der Waals surface area contributed by atoms with Gasteiger partial charge in [0.15, 0.2) is 0 Å². The lowest BCUT2D eigenvalue weighted by Crippen LogP contribution is -2.40. The molecule has 1 amide bonds. The third-order valence-electron chi connectivity index (χ3n) is 4.62. The lowest BCUT2D eigenvalue weighted by atomic mass is 9.92. The first-order valence-corrected chi connectivity index (χ1v) is 9.67. The number of hydrogen-bond donors (Lipinski definition) is 0. The molecule has 1 aliphatic heterocycles. The number of carbonyl (C=O) groups is 1. The first kappa shape index (κ1) is 16.8. The fourth-order valence-electron chi connectivity index (χ4n) is 3.49. The highest BCUT2D eigenvalue weighted by Crippen LogP contribution is 2.38. The number of thiophene rings is 1. The Morgan fingerprint density at radius 1 is 1.23 bits per heavy atom. The maximum Gasteiger partial charge on any atom is 0.260 e. The summed E-state index contributed by atoms with van der Waals surface area (Å²) in [5.74, 6) is 0.371. The molecule has 5 heteroatoms. The van der Waals surface area contributed by atoms with Crippen LogP contribution in [0.15, 0.2) is 60.1 Å². The van der Waals surface area contributed by atoms with Crippen molar-refractivity contribution in [3.8, 4) is 5.88 Å². The van der Waals surface area contributed by atoms with Crippen LogP contribution >= 0.6 is 11.3 Å². The Labute approximate surface area is 157 Å². The number of carbonyl (C=O) groups excluding carboxylic acids is 1. The van der Waals surface area contributed by atoms with Crippen molar-refractivity contribution in [2.75, 3.05) is 13.2 Å². The molecular weight excluding hydrogens is 344 g/mol. The van der Waals surface area contributed by atoms with Crippen LogP contribution in [0.1, 0.15) is 39.3 Å². The average molecular weight is 364 g/mol. The van der Waals surface area contributed by atoms with Crippen molar-refractivity contribution in [1.82, 2.24) is 9.88 Å². The smallest absolute Gasteiger partial charge is 0.260 e. The molecule has 1 unspecified atom stereocenters. The third-order valence-corrected chi connectivity index (χ3v) is 5.62. The van der Waals surface area contributed by atoms with Crippen molar-refractivity contribution >= 4 is 17.2 Å². The van der Waals surface area contributed by atoms with Gasteiger partial charge in [-0.1, -0.05) is 30.3 Å². The van der Waals surface area contributed by atoms with Crippen molar-refractivity contribution in [2.45, 2.75) is 19.4 Å². The molecule has 0 saturated heterocycles. The molecule has 0 radical (unpaired) electrons. The summed E-state index contributed by atoms with van der Waals surface area (Å²) in [4.78, 5) is 21.0. The molecule has 3 aromatic rings. The van der Waals surface area contributed by atoms with E-state index in [4.69, 9.17) is 4.74 Å². The molecule has 1 aromatic carbocycles. The summed E-state index contributed by atoms with van der Waals surface area (Å²) in [5, 5.41) is 2.12. The quantitative estimate of drug-likeness (QED) is 0.692. The van der Waals surface area contributed by atoms with Crippen LogP contribution < -0.4 is 4.74 Å². The van der Waals surface area contributed by atoms with Gasteiger partial charge >= 0.3 is 0 Å². The van der Waals surface area contributed by atoms with E-state index >= 15 is 0 Å². The van der Waals surface area contributed by atoms with Crippen LogP contribution in [0.2, 0.25) is 0 Å². The van der Waals surface area contributed by atoms with Crippen LogP contribution in [0.5, 0.6) is 5.88 Å². The van der Waals surface area contributed by atoms with E-state index in [0.29, 0.717) is 24.6 Å². The largest absolute Gasteiger partial charge is 0.477 e. The lowest BCUT2D eigenvalue weighted by molar-refractivity contribution is 0.0691. The molecule has 0 bridgehead atoms. The number of hydrogen-bond acceptors (Lipinski definition) is 4. The van der Waals surface area contributed by atoms with Gasteiger partial charge in [0.05, 0.1) is 12.6 Å². The Kier molecular flexibility index (Phi) is 4.71. The number of ether oxygens (including phenoxy) is 1. The second-order valence-corrected chi connectivity index (χ2v) is 7.15. The van der Waals surface area contributed by atoms with E-state index < -0.39 is 0 Å². The molecule has 3 heterocycles. The zero-order chi connectivity index (χ0) is 17.9. The maximum absolute atomic E-state index is 13.4. The molecule has 2 aromatic heterocycles. The summed E-state index contributed by atoms with van der Waals surface area (Å²) in [7, 11) is 0. The zero-order valence-corrected chi connectivity index (χ0v) is 15.4. The first-order chi connectivity index (χ1) is 12.8. The second-order valence-electron chi connectivity index (χ2n) is 6.15. The number of benzene rings is 1. The number of amides is 1. The summed E-state index contributed by atoms with van der Waals surface area (Å²) in [6, 6.07) is 15.9. The fourth-order valence-corrected chi connectivity index (χ4v) is 4.39. The van der Waals surface area contributed by atoms with Crippen LogP contribution in [0.25, 0.3) is 0 Å². The summed E-state index contributed by atoms with van der Waals surface area (Å²) in [6.45, 7) is 3.06. The molecule has 4 nitrogen and oxygen atoms in total. The minimum atomic E-state index is -0.0756. The van der Waals surface area contributed by atoms with Gasteiger partial charge in [-0.3, -0.25) is 4.79 Å². The van der Waals surface area contributed by atoms with Gasteiger partial charge in [-0.15, -0.1) is 11.3 Å². The average Bonchev–Trinajstić information content (AvgIpc) is 3.17. The van der Waals surface area contributed by atoms with Crippen molar-refractivity contribution < 1.29 is 9.53 Å². The molecule has 1 aliphatic rings. The van der Waals surface area contributed by atoms with E-state index in [2.05, 4.69) is 28.6 Å². The number of pyridine rings is 1. The Hall–Kier alpha value is -2.66. The minimum absolute atomic E-state index is 0.0350. The monoisotopic (exact) mass is 364 g/mol. The Balaban J connectivity index is 1.77. The van der Waals surface area contributed by atoms with Gasteiger partial charge in [0.25, 0.3) is 5.91 Å². The molecular formula is C21H20N2O2S. The number of fused-ring (bicyclic) bond motifs is 1. The normalized spacial score (nSPS) is 16.2. The van der Waals surface area contributed by atoms with Gasteiger partial charge in [-0.05, 0) is 48.1 Å². The van der Waals surface area contributed by atoms with Crippen LogP contribution in [0, 0.1) is 0 Å². The topological polar surface area (TPSA) is 42.4 Å². The van der Waals surface area contributed by atoms with Crippen molar-refractivity contribution in [3.63, 3.8) is 0 Å². The zero-order valence-electron chi connectivity index (χ0n) is 14.6. The van der Waals surface area contributed by atoms with Crippen molar-refractivity contribution in [1.29, 1.82) is 0 Å². The summed E-state index contributed by atoms with van der Waals surface area (Å²) in [5.41, 5.74) is 2.87. The van der Waals surface area contributed by atoms with E-state index in [1.807, 2.05) is 30.0 Å². The first-order valence-electron chi connectivity index (χ1n) is 8.79. The minimum Gasteiger partial charge on any atom is -0.477 e. The third kappa shape index (κ3) is 2.99. The summed E-state index contributed by atoms with van der Waals surface area (Å²) >= 11 is 1.77. The highest BCUT2D eigenvalue weighted by atomic mass is 32.1. The van der Waals surface area contributed by atoms with Crippen molar-refractivity contribution in [2.24, 2.45) is 0 Å². The molecule has 132 valence electrons. The van der Waals surface area contributed by atoms with Crippen LogP contribution in [-0.4, -0.2) is 28.9 Å². The predicted molar refractivity (Wildman–Crippen MR) is 103 cm³/mol. The number of rotatable bonds is 4. The number of aromatic nitrogens is 1. The van der Waals surface area contributed by atoms with Crippen molar-refractivity contribution in [3.05, 3.63) is 81.7 Å². The van der Waals surface area contributed by atoms with E-state index in [-0.39, 0.29) is 11.9 Å². The predicted octanol–water partition coefficient (Wildman–Crippen LogP) is 4.33. The molecule has 0 aliphatic carbocycles. The summed E-state index contributed by atoms with van der Waals surface area (Å²) in [6.07, 6.45) is 2.54. The van der Waals surface area contributed by atoms with Gasteiger partial charge in [-0.2, -0.15) is 0 Å². The van der Waals surface area contributed by atoms with Gasteiger partial charge in [-0.25, -0.2) is 4.98 Å². The van der Waals surface area contributed by atoms with E-state index in [1.54, 1.807) is 29.7 Å². The standard InChI is InChI=1S/C21H20N2O2S/c1-2-25-20-17(9-6-12-22-20)21(24)23-13-10-18-16(11-14-26-18)19(23)15-7-4-3-5-8-15/h3-9,11-12,14,19H,2,10,13H2,1H3. The number of nitrogens with zero attached hydrogens (tertiary/aromatic N) is 2. The Bertz CT molecular complexity index is 907.